The zero-order valence-corrected chi connectivity index (χ0v) is 18.4. The zero-order valence-electron chi connectivity index (χ0n) is 18.4. The highest BCUT2D eigenvalue weighted by atomic mass is 16.5. The third kappa shape index (κ3) is 3.64. The monoisotopic (exact) mass is 431 g/mol. The molecule has 0 atom stereocenters. The van der Waals surface area contributed by atoms with E-state index in [2.05, 4.69) is 21.0 Å². The molecule has 0 saturated carbocycles. The first-order valence-electron chi connectivity index (χ1n) is 10.9. The number of hydrogen-bond donors (Lipinski definition) is 1. The van der Waals surface area contributed by atoms with Crippen molar-refractivity contribution in [3.63, 3.8) is 0 Å². The van der Waals surface area contributed by atoms with Crippen LogP contribution in [0, 0.1) is 13.8 Å². The van der Waals surface area contributed by atoms with Gasteiger partial charge in [-0.3, -0.25) is 0 Å². The van der Waals surface area contributed by atoms with E-state index in [4.69, 9.17) is 13.9 Å². The molecule has 0 bridgehead atoms. The molecule has 32 heavy (non-hydrogen) atoms. The van der Waals surface area contributed by atoms with Crippen LogP contribution in [0.4, 0.5) is 0 Å². The van der Waals surface area contributed by atoms with Crippen molar-refractivity contribution in [2.75, 3.05) is 6.61 Å². The standard InChI is InChI=1S/C25H25N3O4/c1-4-11-30-23-20-24(32-22(26-20)17-12-14(2)21(29)15(3)13-17)28-25(27-23)31-19-10-6-8-16-7-5-9-18(16)19/h6,8,10,12-13,29H,4-5,7,9,11H2,1-3H3. The molecule has 1 aliphatic rings. The molecule has 0 aliphatic heterocycles. The summed E-state index contributed by atoms with van der Waals surface area (Å²) in [5.74, 6) is 1.76. The highest BCUT2D eigenvalue weighted by Crippen LogP contribution is 2.36. The summed E-state index contributed by atoms with van der Waals surface area (Å²) in [7, 11) is 0. The Balaban J connectivity index is 1.58. The lowest BCUT2D eigenvalue weighted by atomic mass is 10.1. The van der Waals surface area contributed by atoms with Gasteiger partial charge in [-0.1, -0.05) is 19.1 Å². The van der Waals surface area contributed by atoms with Gasteiger partial charge in [0.05, 0.1) is 6.61 Å². The Labute approximate surface area is 186 Å². The van der Waals surface area contributed by atoms with Crippen molar-refractivity contribution in [1.29, 1.82) is 0 Å². The van der Waals surface area contributed by atoms with Gasteiger partial charge in [0.1, 0.15) is 11.5 Å². The van der Waals surface area contributed by atoms with Gasteiger partial charge < -0.3 is 19.0 Å². The second-order valence-corrected chi connectivity index (χ2v) is 8.14. The number of nitrogens with zero attached hydrogens (tertiary/aromatic N) is 3. The molecule has 4 aromatic rings. The first-order valence-corrected chi connectivity index (χ1v) is 10.9. The molecule has 7 heteroatoms. The molecule has 2 aromatic heterocycles. The average Bonchev–Trinajstić information content (AvgIpc) is 3.43. The van der Waals surface area contributed by atoms with Crippen LogP contribution in [0.3, 0.4) is 0 Å². The predicted molar refractivity (Wildman–Crippen MR) is 121 cm³/mol. The third-order valence-electron chi connectivity index (χ3n) is 5.69. The smallest absolute Gasteiger partial charge is 0.328 e. The van der Waals surface area contributed by atoms with E-state index in [1.807, 2.05) is 45.0 Å². The molecular formula is C25H25N3O4. The molecule has 1 aliphatic carbocycles. The fourth-order valence-corrected chi connectivity index (χ4v) is 4.11. The van der Waals surface area contributed by atoms with Gasteiger partial charge in [-0.2, -0.15) is 9.97 Å². The molecule has 2 heterocycles. The highest BCUT2D eigenvalue weighted by Gasteiger charge is 2.21. The Hall–Kier alpha value is -3.61. The van der Waals surface area contributed by atoms with Crippen LogP contribution >= 0.6 is 0 Å². The Morgan fingerprint density at radius 2 is 1.88 bits per heavy atom. The maximum Gasteiger partial charge on any atom is 0.328 e. The van der Waals surface area contributed by atoms with Gasteiger partial charge in [0.2, 0.25) is 5.89 Å². The van der Waals surface area contributed by atoms with Crippen molar-refractivity contribution in [2.24, 2.45) is 0 Å². The Morgan fingerprint density at radius 3 is 2.66 bits per heavy atom. The summed E-state index contributed by atoms with van der Waals surface area (Å²) in [6.45, 7) is 6.20. The van der Waals surface area contributed by atoms with Gasteiger partial charge in [0.15, 0.2) is 5.52 Å². The molecule has 0 fully saturated rings. The number of aromatic hydroxyl groups is 1. The van der Waals surface area contributed by atoms with Crippen LogP contribution in [-0.4, -0.2) is 26.7 Å². The van der Waals surface area contributed by atoms with Gasteiger partial charge in [-0.25, -0.2) is 4.98 Å². The molecule has 7 nitrogen and oxygen atoms in total. The molecule has 2 aromatic carbocycles. The zero-order chi connectivity index (χ0) is 22.2. The maximum absolute atomic E-state index is 10.1. The van der Waals surface area contributed by atoms with Crippen LogP contribution in [0.2, 0.25) is 0 Å². The summed E-state index contributed by atoms with van der Waals surface area (Å²) in [5, 5.41) is 10.1. The van der Waals surface area contributed by atoms with E-state index in [1.165, 1.54) is 11.1 Å². The minimum Gasteiger partial charge on any atom is -0.507 e. The summed E-state index contributed by atoms with van der Waals surface area (Å²) < 4.78 is 17.9. The first-order chi connectivity index (χ1) is 15.5. The average molecular weight is 431 g/mol. The summed E-state index contributed by atoms with van der Waals surface area (Å²) in [4.78, 5) is 13.6. The van der Waals surface area contributed by atoms with Crippen molar-refractivity contribution in [3.05, 3.63) is 52.6 Å². The van der Waals surface area contributed by atoms with Gasteiger partial charge >= 0.3 is 6.01 Å². The number of aromatic nitrogens is 3. The van der Waals surface area contributed by atoms with Crippen LogP contribution in [0.5, 0.6) is 23.4 Å². The van der Waals surface area contributed by atoms with Crippen molar-refractivity contribution in [3.8, 4) is 34.8 Å². The number of phenolic OH excluding ortho intramolecular Hbond substituents is 1. The first kappa shape index (κ1) is 20.3. The Kier molecular flexibility index (Phi) is 5.17. The molecule has 0 unspecified atom stereocenters. The lowest BCUT2D eigenvalue weighted by Crippen LogP contribution is -2.02. The van der Waals surface area contributed by atoms with Gasteiger partial charge in [-0.05, 0) is 80.0 Å². The van der Waals surface area contributed by atoms with Crippen LogP contribution < -0.4 is 9.47 Å². The van der Waals surface area contributed by atoms with Crippen LogP contribution in [-0.2, 0) is 12.8 Å². The van der Waals surface area contributed by atoms with Gasteiger partial charge in [0.25, 0.3) is 11.6 Å². The summed E-state index contributed by atoms with van der Waals surface area (Å²) in [5.41, 5.74) is 5.51. The number of rotatable bonds is 6. The number of aryl methyl sites for hydroxylation is 3. The topological polar surface area (TPSA) is 90.5 Å². The molecule has 5 rings (SSSR count). The van der Waals surface area contributed by atoms with Crippen LogP contribution in [0.1, 0.15) is 42.0 Å². The number of oxazole rings is 1. The van der Waals surface area contributed by atoms with Crippen LogP contribution in [0.15, 0.2) is 34.7 Å². The minimum atomic E-state index is 0.171. The Morgan fingerprint density at radius 1 is 1.06 bits per heavy atom. The SMILES string of the molecule is CCCOc1nc(Oc2cccc3c2CCC3)nc2oc(-c3cc(C)c(O)c(C)c3)nc12. The summed E-state index contributed by atoms with van der Waals surface area (Å²) in [6.07, 6.45) is 4.00. The molecule has 1 N–H and O–H groups in total. The third-order valence-corrected chi connectivity index (χ3v) is 5.69. The van der Waals surface area contributed by atoms with Crippen LogP contribution in [0.25, 0.3) is 22.7 Å². The number of fused-ring (bicyclic) bond motifs is 2. The summed E-state index contributed by atoms with van der Waals surface area (Å²) >= 11 is 0. The Bertz CT molecular complexity index is 1290. The van der Waals surface area contributed by atoms with Crippen molar-refractivity contribution < 1.29 is 19.0 Å². The number of ether oxygens (including phenoxy) is 2. The number of benzene rings is 2. The van der Waals surface area contributed by atoms with Crippen molar-refractivity contribution in [1.82, 2.24) is 15.0 Å². The van der Waals surface area contributed by atoms with E-state index < -0.39 is 0 Å². The van der Waals surface area contributed by atoms with Crippen molar-refractivity contribution >= 4 is 11.2 Å². The van der Waals surface area contributed by atoms with E-state index in [-0.39, 0.29) is 11.8 Å². The van der Waals surface area contributed by atoms with E-state index >= 15 is 0 Å². The molecule has 164 valence electrons. The van der Waals surface area contributed by atoms with E-state index in [0.717, 1.165) is 48.1 Å². The van der Waals surface area contributed by atoms with Gasteiger partial charge in [-0.15, -0.1) is 0 Å². The maximum atomic E-state index is 10.1. The quantitative estimate of drug-likeness (QED) is 0.420. The number of phenols is 1. The largest absolute Gasteiger partial charge is 0.507 e. The molecule has 0 spiro atoms. The molecule has 0 radical (unpaired) electrons. The van der Waals surface area contributed by atoms with Gasteiger partial charge in [0, 0.05) is 5.56 Å². The predicted octanol–water partition coefficient (Wildman–Crippen LogP) is 5.68. The highest BCUT2D eigenvalue weighted by molar-refractivity contribution is 5.78. The second-order valence-electron chi connectivity index (χ2n) is 8.14. The van der Waals surface area contributed by atoms with E-state index in [0.29, 0.717) is 29.6 Å². The minimum absolute atomic E-state index is 0.171. The molecule has 0 saturated heterocycles. The van der Waals surface area contributed by atoms with Crippen molar-refractivity contribution in [2.45, 2.75) is 46.5 Å². The summed E-state index contributed by atoms with van der Waals surface area (Å²) in [6, 6.07) is 9.91. The lowest BCUT2D eigenvalue weighted by Gasteiger charge is -2.10. The van der Waals surface area contributed by atoms with E-state index in [1.54, 1.807) is 0 Å². The molecule has 0 amide bonds. The fraction of sp³-hybridized carbons (Fsp3) is 0.320. The molecular weight excluding hydrogens is 406 g/mol. The number of hydrogen-bond acceptors (Lipinski definition) is 7. The second kappa shape index (κ2) is 8.15. The fourth-order valence-electron chi connectivity index (χ4n) is 4.11. The van der Waals surface area contributed by atoms with E-state index in [9.17, 15) is 5.11 Å². The lowest BCUT2D eigenvalue weighted by molar-refractivity contribution is 0.302. The normalized spacial score (nSPS) is 12.8.